The molecule has 1 N–H and O–H groups in total. The molecular weight excluding hydrogens is 371 g/mol. The number of nitrogens with one attached hydrogen (secondary N) is 1. The van der Waals surface area contributed by atoms with Crippen molar-refractivity contribution in [3.8, 4) is 0 Å². The van der Waals surface area contributed by atoms with E-state index in [1.165, 1.54) is 0 Å². The van der Waals surface area contributed by atoms with Crippen LogP contribution in [0.1, 0.15) is 49.2 Å². The number of alkyl halides is 3. The Balaban J connectivity index is 1.66. The van der Waals surface area contributed by atoms with Gasteiger partial charge in [0.25, 0.3) is 0 Å². The lowest BCUT2D eigenvalue weighted by Gasteiger charge is -2.33. The van der Waals surface area contributed by atoms with Crippen molar-refractivity contribution in [2.24, 2.45) is 4.99 Å². The fraction of sp³-hybridized carbons (Fsp3) is 0.474. The molecule has 0 amide bonds. The van der Waals surface area contributed by atoms with Crippen LogP contribution in [0.2, 0.25) is 0 Å². The zero-order valence-corrected chi connectivity index (χ0v) is 15.5. The van der Waals surface area contributed by atoms with Gasteiger partial charge in [-0.3, -0.25) is 4.99 Å². The van der Waals surface area contributed by atoms with Crippen molar-refractivity contribution in [1.29, 1.82) is 0 Å². The molecule has 2 aliphatic rings. The fourth-order valence-electron chi connectivity index (χ4n) is 3.82. The van der Waals surface area contributed by atoms with Crippen LogP contribution in [0.3, 0.4) is 0 Å². The molecule has 0 aliphatic carbocycles. The third-order valence-corrected chi connectivity index (χ3v) is 4.92. The van der Waals surface area contributed by atoms with Gasteiger partial charge in [-0.25, -0.2) is 15.0 Å². The van der Waals surface area contributed by atoms with Crippen molar-refractivity contribution in [1.82, 2.24) is 15.0 Å². The normalized spacial score (nSPS) is 24.6. The number of nitrogens with zero attached hydrogens (tertiary/aromatic N) is 4. The second-order valence-corrected chi connectivity index (χ2v) is 7.21. The summed E-state index contributed by atoms with van der Waals surface area (Å²) in [6.07, 6.45) is -0.0207. The summed E-state index contributed by atoms with van der Waals surface area (Å²) in [5.74, 6) is 0.618. The molecule has 148 valence electrons. The number of halogens is 3. The highest BCUT2D eigenvalue weighted by molar-refractivity contribution is 6.16. The van der Waals surface area contributed by atoms with Gasteiger partial charge >= 0.3 is 6.18 Å². The smallest absolute Gasteiger partial charge is 0.375 e. The summed E-state index contributed by atoms with van der Waals surface area (Å²) in [5.41, 5.74) is 1.19. The first kappa shape index (κ1) is 18.8. The van der Waals surface area contributed by atoms with E-state index in [2.05, 4.69) is 25.3 Å². The van der Waals surface area contributed by atoms with Gasteiger partial charge in [0, 0.05) is 17.8 Å². The number of ether oxygens (including phenoxy) is 1. The predicted octanol–water partition coefficient (Wildman–Crippen LogP) is 3.61. The second-order valence-electron chi connectivity index (χ2n) is 7.21. The molecular formula is C19H20F3N5O. The molecule has 2 unspecified atom stereocenters. The predicted molar refractivity (Wildman–Crippen MR) is 97.3 cm³/mol. The van der Waals surface area contributed by atoms with Gasteiger partial charge in [-0.05, 0) is 44.4 Å². The topological polar surface area (TPSA) is 72.3 Å². The van der Waals surface area contributed by atoms with Gasteiger partial charge in [0.1, 0.15) is 17.8 Å². The van der Waals surface area contributed by atoms with Gasteiger partial charge in [0.2, 0.25) is 0 Å². The molecule has 0 spiro atoms. The highest BCUT2D eigenvalue weighted by Crippen LogP contribution is 2.32. The van der Waals surface area contributed by atoms with Gasteiger partial charge < -0.3 is 10.1 Å². The van der Waals surface area contributed by atoms with E-state index in [0.29, 0.717) is 23.6 Å². The molecule has 9 heteroatoms. The minimum atomic E-state index is -4.54. The minimum Gasteiger partial charge on any atom is -0.375 e. The van der Waals surface area contributed by atoms with Gasteiger partial charge in [-0.15, -0.1) is 0 Å². The number of aliphatic imine (C=N–C) groups is 1. The number of pyridine rings is 1. The molecule has 4 heterocycles. The van der Waals surface area contributed by atoms with Crippen molar-refractivity contribution in [3.05, 3.63) is 47.2 Å². The lowest BCUT2D eigenvalue weighted by molar-refractivity contribution is -0.141. The highest BCUT2D eigenvalue weighted by Gasteiger charge is 2.34. The molecule has 0 bridgehead atoms. The zero-order valence-electron chi connectivity index (χ0n) is 15.5. The van der Waals surface area contributed by atoms with Crippen LogP contribution >= 0.6 is 0 Å². The lowest BCUT2D eigenvalue weighted by atomic mass is 9.98. The third kappa shape index (κ3) is 3.71. The molecule has 2 aromatic rings. The molecule has 2 aliphatic heterocycles. The first-order chi connectivity index (χ1) is 13.3. The molecule has 0 radical (unpaired) electrons. The first-order valence-corrected chi connectivity index (χ1v) is 9.15. The van der Waals surface area contributed by atoms with Crippen molar-refractivity contribution in [3.63, 3.8) is 0 Å². The van der Waals surface area contributed by atoms with E-state index >= 15 is 0 Å². The molecule has 6 nitrogen and oxygen atoms in total. The average molecular weight is 391 g/mol. The molecule has 0 saturated carbocycles. The van der Waals surface area contributed by atoms with E-state index in [0.717, 1.165) is 30.8 Å². The van der Waals surface area contributed by atoms with Crippen LogP contribution in [-0.4, -0.2) is 38.9 Å². The number of aromatic nitrogens is 3. The Bertz CT molecular complexity index is 905. The molecule has 28 heavy (non-hydrogen) atoms. The van der Waals surface area contributed by atoms with E-state index in [4.69, 9.17) is 4.74 Å². The molecule has 2 atom stereocenters. The number of hydrogen-bond acceptors (Lipinski definition) is 6. The maximum absolute atomic E-state index is 13.0. The molecule has 1 fully saturated rings. The summed E-state index contributed by atoms with van der Waals surface area (Å²) in [5, 5.41) is 3.45. The van der Waals surface area contributed by atoms with E-state index in [1.807, 2.05) is 19.9 Å². The van der Waals surface area contributed by atoms with Crippen molar-refractivity contribution >= 4 is 11.5 Å². The Morgan fingerprint density at radius 3 is 2.57 bits per heavy atom. The van der Waals surface area contributed by atoms with E-state index in [1.54, 1.807) is 6.20 Å². The number of fused-ring (bicyclic) bond motifs is 1. The number of anilines is 1. The molecule has 0 aromatic carbocycles. The summed E-state index contributed by atoms with van der Waals surface area (Å²) >= 11 is 0. The van der Waals surface area contributed by atoms with Crippen LogP contribution in [-0.2, 0) is 17.5 Å². The van der Waals surface area contributed by atoms with Gasteiger partial charge in [0.15, 0.2) is 0 Å². The monoisotopic (exact) mass is 391 g/mol. The van der Waals surface area contributed by atoms with Crippen LogP contribution in [0.15, 0.2) is 29.6 Å². The number of hydrogen-bond donors (Lipinski definition) is 1. The minimum absolute atomic E-state index is 0.127. The molecule has 1 saturated heterocycles. The summed E-state index contributed by atoms with van der Waals surface area (Å²) in [6, 6.07) is 2.93. The quantitative estimate of drug-likeness (QED) is 0.865. The maximum Gasteiger partial charge on any atom is 0.433 e. The van der Waals surface area contributed by atoms with E-state index in [9.17, 15) is 13.2 Å². The van der Waals surface area contributed by atoms with Crippen LogP contribution < -0.4 is 5.32 Å². The molecule has 4 rings (SSSR count). The number of rotatable bonds is 3. The first-order valence-electron chi connectivity index (χ1n) is 9.15. The molecule has 2 aromatic heterocycles. The average Bonchev–Trinajstić information content (AvgIpc) is 3.05. The van der Waals surface area contributed by atoms with Gasteiger partial charge in [-0.2, -0.15) is 13.2 Å². The second kappa shape index (κ2) is 7.12. The maximum atomic E-state index is 13.0. The van der Waals surface area contributed by atoms with Crippen molar-refractivity contribution in [2.75, 3.05) is 5.32 Å². The van der Waals surface area contributed by atoms with E-state index in [-0.39, 0.29) is 23.9 Å². The van der Waals surface area contributed by atoms with Crippen LogP contribution in [0.5, 0.6) is 0 Å². The van der Waals surface area contributed by atoms with Crippen molar-refractivity contribution < 1.29 is 17.9 Å². The van der Waals surface area contributed by atoms with Crippen LogP contribution in [0, 0.1) is 0 Å². The lowest BCUT2D eigenvalue weighted by Crippen LogP contribution is -2.37. The van der Waals surface area contributed by atoms with Gasteiger partial charge in [0.05, 0.1) is 30.2 Å². The van der Waals surface area contributed by atoms with Gasteiger partial charge in [-0.1, -0.05) is 0 Å². The summed E-state index contributed by atoms with van der Waals surface area (Å²) in [4.78, 5) is 16.2. The Morgan fingerprint density at radius 1 is 1.11 bits per heavy atom. The summed E-state index contributed by atoms with van der Waals surface area (Å²) in [6.45, 7) is 4.44. The van der Waals surface area contributed by atoms with E-state index < -0.39 is 11.9 Å². The summed E-state index contributed by atoms with van der Waals surface area (Å²) < 4.78 is 44.9. The Hall–Kier alpha value is -2.55. The standard InChI is InChI=1S/C19H20F3N5O/c1-10-5-13(6-11(2)28-10)27-18-16-12(3-4-23-18)8-24-17(16)14-7-15(19(20,21)22)26-9-25-14/h3-4,7,9-11,13H,5-6,8H2,1-2H3,(H,23,27). The van der Waals surface area contributed by atoms with Crippen molar-refractivity contribution in [2.45, 2.75) is 57.7 Å². The largest absolute Gasteiger partial charge is 0.433 e. The summed E-state index contributed by atoms with van der Waals surface area (Å²) in [7, 11) is 0. The van der Waals surface area contributed by atoms with Crippen LogP contribution in [0.25, 0.3) is 0 Å². The fourth-order valence-corrected chi connectivity index (χ4v) is 3.82. The third-order valence-electron chi connectivity index (χ3n) is 4.92. The van der Waals surface area contributed by atoms with Crippen LogP contribution in [0.4, 0.5) is 19.0 Å². The Labute approximate surface area is 160 Å². The Morgan fingerprint density at radius 2 is 1.86 bits per heavy atom. The SMILES string of the molecule is CC1CC(Nc2nccc3c2C(c2cc(C(F)(F)F)ncn2)=NC3)CC(C)O1. The Kier molecular flexibility index (Phi) is 4.78. The zero-order chi connectivity index (χ0) is 19.9. The highest BCUT2D eigenvalue weighted by atomic mass is 19.4.